The lowest BCUT2D eigenvalue weighted by Crippen LogP contribution is -2.28. The van der Waals surface area contributed by atoms with E-state index in [4.69, 9.17) is 0 Å². The highest BCUT2D eigenvalue weighted by atomic mass is 32.1. The minimum Gasteiger partial charge on any atom is -0.385 e. The molecule has 2 heterocycles. The molecule has 0 aliphatic carbocycles. The van der Waals surface area contributed by atoms with Crippen LogP contribution < -0.4 is 5.32 Å². The molecule has 0 spiro atoms. The first kappa shape index (κ1) is 12.7. The Morgan fingerprint density at radius 3 is 3.05 bits per heavy atom. The summed E-state index contributed by atoms with van der Waals surface area (Å²) in [5, 5.41) is 7.89. The van der Waals surface area contributed by atoms with E-state index in [2.05, 4.69) is 58.4 Å². The topological polar surface area (TPSA) is 15.3 Å². The molecule has 2 aromatic rings. The van der Waals surface area contributed by atoms with Crippen LogP contribution in [0.3, 0.4) is 0 Å². The van der Waals surface area contributed by atoms with E-state index in [1.807, 2.05) is 0 Å². The number of rotatable bonds is 4. The van der Waals surface area contributed by atoms with Crippen LogP contribution in [-0.2, 0) is 6.54 Å². The van der Waals surface area contributed by atoms with E-state index < -0.39 is 0 Å². The van der Waals surface area contributed by atoms with E-state index in [0.29, 0.717) is 5.92 Å². The van der Waals surface area contributed by atoms with Gasteiger partial charge in [-0.25, -0.2) is 0 Å². The minimum absolute atomic E-state index is 0.654. The van der Waals surface area contributed by atoms with Gasteiger partial charge in [-0.3, -0.25) is 0 Å². The van der Waals surface area contributed by atoms with Gasteiger partial charge in [-0.15, -0.1) is 0 Å². The van der Waals surface area contributed by atoms with Gasteiger partial charge in [0.25, 0.3) is 0 Å². The number of hydrogen-bond acceptors (Lipinski definition) is 3. The van der Waals surface area contributed by atoms with Crippen LogP contribution in [0.1, 0.15) is 23.5 Å². The van der Waals surface area contributed by atoms with Crippen LogP contribution in [0.5, 0.6) is 0 Å². The zero-order chi connectivity index (χ0) is 13.1. The maximum Gasteiger partial charge on any atom is 0.0376 e. The molecule has 0 saturated carbocycles. The Labute approximate surface area is 119 Å². The monoisotopic (exact) mass is 272 g/mol. The van der Waals surface area contributed by atoms with Gasteiger partial charge in [0, 0.05) is 31.2 Å². The molecular weight excluding hydrogens is 252 g/mol. The molecule has 1 aliphatic rings. The molecule has 3 heteroatoms. The highest BCUT2D eigenvalue weighted by Crippen LogP contribution is 2.31. The van der Waals surface area contributed by atoms with Crippen molar-refractivity contribution in [3.05, 3.63) is 52.2 Å². The summed E-state index contributed by atoms with van der Waals surface area (Å²) in [6.07, 6.45) is 1.23. The highest BCUT2D eigenvalue weighted by molar-refractivity contribution is 7.07. The molecule has 0 radical (unpaired) electrons. The molecule has 0 fully saturated rings. The lowest BCUT2D eigenvalue weighted by atomic mass is 9.90. The molecule has 1 unspecified atom stereocenters. The van der Waals surface area contributed by atoms with Gasteiger partial charge in [0.2, 0.25) is 0 Å². The summed E-state index contributed by atoms with van der Waals surface area (Å²) >= 11 is 1.78. The number of para-hydroxylation sites is 1. The fourth-order valence-corrected chi connectivity index (χ4v) is 3.54. The normalized spacial score (nSPS) is 18.1. The van der Waals surface area contributed by atoms with Crippen molar-refractivity contribution in [3.63, 3.8) is 0 Å². The summed E-state index contributed by atoms with van der Waals surface area (Å²) in [5.74, 6) is 0.654. The first-order chi connectivity index (χ1) is 9.33. The first-order valence-corrected chi connectivity index (χ1v) is 7.79. The fraction of sp³-hybridized carbons (Fsp3) is 0.375. The van der Waals surface area contributed by atoms with E-state index in [1.54, 1.807) is 11.3 Å². The number of likely N-dealkylation sites (N-methyl/N-ethyl adjacent to an activating group) is 1. The van der Waals surface area contributed by atoms with Crippen molar-refractivity contribution < 1.29 is 0 Å². The number of hydrogen-bond donors (Lipinski definition) is 1. The van der Waals surface area contributed by atoms with Crippen LogP contribution in [0.15, 0.2) is 41.1 Å². The van der Waals surface area contributed by atoms with Crippen molar-refractivity contribution in [2.75, 3.05) is 25.5 Å². The predicted octanol–water partition coefficient (Wildman–Crippen LogP) is 3.78. The summed E-state index contributed by atoms with van der Waals surface area (Å²) in [6.45, 7) is 3.28. The van der Waals surface area contributed by atoms with Gasteiger partial charge < -0.3 is 10.2 Å². The number of nitrogens with zero attached hydrogens (tertiary/aromatic N) is 1. The van der Waals surface area contributed by atoms with Gasteiger partial charge in [0.15, 0.2) is 0 Å². The number of thiophene rings is 1. The fourth-order valence-electron chi connectivity index (χ4n) is 2.88. The third kappa shape index (κ3) is 2.99. The second kappa shape index (κ2) is 5.76. The molecule has 1 aromatic heterocycles. The lowest BCUT2D eigenvalue weighted by molar-refractivity contribution is 0.298. The second-order valence-electron chi connectivity index (χ2n) is 5.33. The van der Waals surface area contributed by atoms with Gasteiger partial charge >= 0.3 is 0 Å². The van der Waals surface area contributed by atoms with Crippen molar-refractivity contribution in [2.45, 2.75) is 18.9 Å². The van der Waals surface area contributed by atoms with Crippen LogP contribution in [0.4, 0.5) is 5.69 Å². The van der Waals surface area contributed by atoms with Crippen LogP contribution in [0.25, 0.3) is 0 Å². The van der Waals surface area contributed by atoms with Crippen molar-refractivity contribution in [1.82, 2.24) is 4.90 Å². The molecule has 0 bridgehead atoms. The third-order valence-electron chi connectivity index (χ3n) is 3.77. The zero-order valence-electron chi connectivity index (χ0n) is 11.3. The summed E-state index contributed by atoms with van der Waals surface area (Å²) in [5.41, 5.74) is 4.23. The molecule has 2 nitrogen and oxygen atoms in total. The van der Waals surface area contributed by atoms with Crippen LogP contribution in [0.2, 0.25) is 0 Å². The van der Waals surface area contributed by atoms with Gasteiger partial charge in [-0.2, -0.15) is 11.3 Å². The van der Waals surface area contributed by atoms with E-state index in [1.165, 1.54) is 23.2 Å². The molecule has 1 N–H and O–H groups in total. The van der Waals surface area contributed by atoms with Crippen LogP contribution >= 0.6 is 11.3 Å². The van der Waals surface area contributed by atoms with Gasteiger partial charge in [0.05, 0.1) is 0 Å². The molecular formula is C16H20N2S. The average molecular weight is 272 g/mol. The van der Waals surface area contributed by atoms with E-state index in [9.17, 15) is 0 Å². The highest BCUT2D eigenvalue weighted by Gasteiger charge is 2.20. The Bertz CT molecular complexity index is 521. The number of fused-ring (bicyclic) bond motifs is 1. The maximum absolute atomic E-state index is 3.49. The van der Waals surface area contributed by atoms with E-state index in [-0.39, 0.29) is 0 Å². The quantitative estimate of drug-likeness (QED) is 0.911. The number of anilines is 1. The van der Waals surface area contributed by atoms with E-state index >= 15 is 0 Å². The smallest absolute Gasteiger partial charge is 0.0376 e. The number of benzene rings is 1. The molecule has 0 saturated heterocycles. The SMILES string of the molecule is CN(Cc1ccsc1)CC1CCNc2ccccc21. The van der Waals surface area contributed by atoms with Crippen LogP contribution in [-0.4, -0.2) is 25.0 Å². The first-order valence-electron chi connectivity index (χ1n) is 6.85. The average Bonchev–Trinajstić information content (AvgIpc) is 2.92. The molecule has 1 atom stereocenters. The Morgan fingerprint density at radius 2 is 2.21 bits per heavy atom. The Kier molecular flexibility index (Phi) is 3.85. The zero-order valence-corrected chi connectivity index (χ0v) is 12.1. The van der Waals surface area contributed by atoms with Crippen molar-refractivity contribution in [1.29, 1.82) is 0 Å². The van der Waals surface area contributed by atoms with Crippen LogP contribution in [0, 0.1) is 0 Å². The minimum atomic E-state index is 0.654. The lowest BCUT2D eigenvalue weighted by Gasteiger charge is -2.30. The maximum atomic E-state index is 3.49. The summed E-state index contributed by atoms with van der Waals surface area (Å²) in [4.78, 5) is 2.44. The van der Waals surface area contributed by atoms with Gasteiger partial charge in [-0.05, 0) is 47.5 Å². The van der Waals surface area contributed by atoms with Gasteiger partial charge in [-0.1, -0.05) is 18.2 Å². The Hall–Kier alpha value is -1.32. The molecule has 100 valence electrons. The Morgan fingerprint density at radius 1 is 1.32 bits per heavy atom. The Balaban J connectivity index is 1.67. The summed E-state index contributed by atoms with van der Waals surface area (Å²) < 4.78 is 0. The third-order valence-corrected chi connectivity index (χ3v) is 4.51. The number of nitrogens with one attached hydrogen (secondary N) is 1. The molecule has 1 aliphatic heterocycles. The van der Waals surface area contributed by atoms with Crippen molar-refractivity contribution >= 4 is 17.0 Å². The molecule has 3 rings (SSSR count). The van der Waals surface area contributed by atoms with Gasteiger partial charge in [0.1, 0.15) is 0 Å². The molecule has 1 aromatic carbocycles. The molecule has 0 amide bonds. The summed E-state index contributed by atoms with van der Waals surface area (Å²) in [7, 11) is 2.22. The largest absolute Gasteiger partial charge is 0.385 e. The second-order valence-corrected chi connectivity index (χ2v) is 6.11. The standard InChI is InChI=1S/C16H20N2S/c1-18(10-13-7-9-19-12-13)11-14-6-8-17-16-5-3-2-4-15(14)16/h2-5,7,9,12,14,17H,6,8,10-11H2,1H3. The molecule has 19 heavy (non-hydrogen) atoms. The summed E-state index contributed by atoms with van der Waals surface area (Å²) in [6, 6.07) is 10.9. The predicted molar refractivity (Wildman–Crippen MR) is 82.9 cm³/mol. The van der Waals surface area contributed by atoms with E-state index in [0.717, 1.165) is 19.6 Å². The van der Waals surface area contributed by atoms with Crippen molar-refractivity contribution in [2.24, 2.45) is 0 Å². The van der Waals surface area contributed by atoms with Crippen molar-refractivity contribution in [3.8, 4) is 0 Å².